The molecule has 116 valence electrons. The molecule has 0 radical (unpaired) electrons. The van der Waals surface area contributed by atoms with Crippen molar-refractivity contribution in [2.75, 3.05) is 25.0 Å². The maximum atomic E-state index is 12.2. The summed E-state index contributed by atoms with van der Waals surface area (Å²) in [6, 6.07) is 3.62. The largest absolute Gasteiger partial charge is 0.327 e. The molecular weight excluding hydrogens is 307 g/mol. The van der Waals surface area contributed by atoms with Crippen molar-refractivity contribution in [2.45, 2.75) is 39.0 Å². The molecule has 1 fully saturated rings. The molecule has 1 aromatic rings. The molecule has 5 heteroatoms. The number of nitrogens with one attached hydrogen (secondary N) is 2. The van der Waals surface area contributed by atoms with E-state index >= 15 is 0 Å². The van der Waals surface area contributed by atoms with Crippen molar-refractivity contribution in [3.63, 3.8) is 0 Å². The molecule has 1 saturated heterocycles. The van der Waals surface area contributed by atoms with E-state index in [1.54, 1.807) is 6.07 Å². The van der Waals surface area contributed by atoms with Crippen LogP contribution in [0.2, 0.25) is 10.0 Å². The maximum absolute atomic E-state index is 12.2. The summed E-state index contributed by atoms with van der Waals surface area (Å²) in [7, 11) is 0. The smallest absolute Gasteiger partial charge is 0.279 e. The Balaban J connectivity index is 1.96. The molecule has 0 saturated carbocycles. The number of carbonyl (C=O) groups excluding carboxylic acids is 1. The van der Waals surface area contributed by atoms with Crippen LogP contribution in [0.1, 0.15) is 37.7 Å². The Bertz CT molecular complexity index is 497. The molecule has 1 aliphatic rings. The van der Waals surface area contributed by atoms with Gasteiger partial charge in [0.1, 0.15) is 0 Å². The molecule has 1 aromatic carbocycles. The lowest BCUT2D eigenvalue weighted by Gasteiger charge is -2.21. The van der Waals surface area contributed by atoms with Gasteiger partial charge in [-0.25, -0.2) is 0 Å². The van der Waals surface area contributed by atoms with Crippen molar-refractivity contribution in [1.82, 2.24) is 0 Å². The fourth-order valence-electron chi connectivity index (χ4n) is 2.76. The predicted molar refractivity (Wildman–Crippen MR) is 88.5 cm³/mol. The van der Waals surface area contributed by atoms with E-state index in [9.17, 15) is 4.79 Å². The third-order valence-electron chi connectivity index (χ3n) is 4.02. The van der Waals surface area contributed by atoms with Crippen LogP contribution >= 0.6 is 23.2 Å². The molecule has 0 atom stereocenters. The summed E-state index contributed by atoms with van der Waals surface area (Å²) in [6.07, 6.45) is 6.29. The average Bonchev–Trinajstić information content (AvgIpc) is 2.42. The number of anilines is 1. The van der Waals surface area contributed by atoms with Crippen LogP contribution in [0.5, 0.6) is 0 Å². The first-order valence-electron chi connectivity index (χ1n) is 7.66. The number of aryl methyl sites for hydroxylation is 1. The highest BCUT2D eigenvalue weighted by Crippen LogP contribution is 2.32. The predicted octanol–water partition coefficient (Wildman–Crippen LogP) is 3.09. The standard InChI is InChI=1S/C16H22Cl2N2O/c1-12-7-8-13(17)16(15(12)18)19-14(21)11-20-9-5-3-2-4-6-10-20/h7-8H,2-6,9-11H2,1H3,(H,19,21)/p+1. The monoisotopic (exact) mass is 329 g/mol. The van der Waals surface area contributed by atoms with Gasteiger partial charge in [0.25, 0.3) is 5.91 Å². The van der Waals surface area contributed by atoms with Crippen LogP contribution in [-0.2, 0) is 4.79 Å². The lowest BCUT2D eigenvalue weighted by molar-refractivity contribution is -0.892. The van der Waals surface area contributed by atoms with Crippen LogP contribution in [0, 0.1) is 6.92 Å². The topological polar surface area (TPSA) is 33.5 Å². The molecule has 0 aromatic heterocycles. The molecule has 2 N–H and O–H groups in total. The highest BCUT2D eigenvalue weighted by atomic mass is 35.5. The van der Waals surface area contributed by atoms with Gasteiger partial charge in [-0.2, -0.15) is 0 Å². The number of rotatable bonds is 3. The number of benzene rings is 1. The van der Waals surface area contributed by atoms with Crippen molar-refractivity contribution < 1.29 is 9.69 Å². The summed E-state index contributed by atoms with van der Waals surface area (Å²) in [5, 5.41) is 3.89. The molecule has 1 aliphatic heterocycles. The molecule has 3 nitrogen and oxygen atoms in total. The number of hydrogen-bond donors (Lipinski definition) is 2. The Morgan fingerprint density at radius 1 is 1.14 bits per heavy atom. The Labute approximate surface area is 136 Å². The van der Waals surface area contributed by atoms with E-state index in [2.05, 4.69) is 5.32 Å². The molecular formula is C16H23Cl2N2O+. The van der Waals surface area contributed by atoms with Gasteiger partial charge < -0.3 is 10.2 Å². The van der Waals surface area contributed by atoms with Gasteiger partial charge in [0, 0.05) is 0 Å². The van der Waals surface area contributed by atoms with Gasteiger partial charge in [0.15, 0.2) is 6.54 Å². The minimum absolute atomic E-state index is 0.0139. The molecule has 0 unspecified atom stereocenters. The van der Waals surface area contributed by atoms with E-state index in [4.69, 9.17) is 23.2 Å². The molecule has 1 heterocycles. The van der Waals surface area contributed by atoms with Gasteiger partial charge in [-0.3, -0.25) is 4.79 Å². The number of amides is 1. The fourth-order valence-corrected chi connectivity index (χ4v) is 3.23. The first-order valence-corrected chi connectivity index (χ1v) is 8.41. The van der Waals surface area contributed by atoms with E-state index in [1.165, 1.54) is 37.0 Å². The van der Waals surface area contributed by atoms with Gasteiger partial charge in [0.2, 0.25) is 0 Å². The summed E-state index contributed by atoms with van der Waals surface area (Å²) in [4.78, 5) is 13.6. The third kappa shape index (κ3) is 4.87. The first kappa shape index (κ1) is 16.6. The van der Waals surface area contributed by atoms with Crippen molar-refractivity contribution >= 4 is 34.8 Å². The quantitative estimate of drug-likeness (QED) is 0.877. The van der Waals surface area contributed by atoms with Crippen molar-refractivity contribution in [2.24, 2.45) is 0 Å². The summed E-state index contributed by atoms with van der Waals surface area (Å²) < 4.78 is 0. The van der Waals surface area contributed by atoms with Gasteiger partial charge in [-0.05, 0) is 44.2 Å². The number of quaternary nitrogens is 1. The zero-order valence-electron chi connectivity index (χ0n) is 12.5. The molecule has 2 rings (SSSR count). The van der Waals surface area contributed by atoms with Gasteiger partial charge in [0.05, 0.1) is 28.8 Å². The minimum Gasteiger partial charge on any atom is -0.327 e. The number of hydrogen-bond acceptors (Lipinski definition) is 1. The average molecular weight is 330 g/mol. The van der Waals surface area contributed by atoms with Crippen molar-refractivity contribution in [1.29, 1.82) is 0 Å². The first-order chi connectivity index (χ1) is 10.1. The molecule has 0 bridgehead atoms. The Morgan fingerprint density at radius 2 is 1.76 bits per heavy atom. The summed E-state index contributed by atoms with van der Waals surface area (Å²) in [6.45, 7) is 4.53. The molecule has 1 amide bonds. The van der Waals surface area contributed by atoms with Gasteiger partial charge >= 0.3 is 0 Å². The second-order valence-electron chi connectivity index (χ2n) is 5.80. The highest BCUT2D eigenvalue weighted by Gasteiger charge is 2.18. The highest BCUT2D eigenvalue weighted by molar-refractivity contribution is 6.40. The summed E-state index contributed by atoms with van der Waals surface area (Å²) >= 11 is 12.4. The van der Waals surface area contributed by atoms with E-state index in [0.717, 1.165) is 18.7 Å². The Hall–Kier alpha value is -0.770. The zero-order valence-corrected chi connectivity index (χ0v) is 14.0. The van der Waals surface area contributed by atoms with E-state index in [1.807, 2.05) is 13.0 Å². The van der Waals surface area contributed by atoms with Crippen LogP contribution in [0.3, 0.4) is 0 Å². The van der Waals surface area contributed by atoms with Crippen LogP contribution in [-0.4, -0.2) is 25.5 Å². The second kappa shape index (κ2) is 8.02. The van der Waals surface area contributed by atoms with Crippen LogP contribution in [0.25, 0.3) is 0 Å². The SMILES string of the molecule is Cc1ccc(Cl)c(NC(=O)C[NH+]2CCCCCCC2)c1Cl. The lowest BCUT2D eigenvalue weighted by Crippen LogP contribution is -3.13. The van der Waals surface area contributed by atoms with Crippen LogP contribution in [0.4, 0.5) is 5.69 Å². The van der Waals surface area contributed by atoms with Crippen molar-refractivity contribution in [3.8, 4) is 0 Å². The summed E-state index contributed by atoms with van der Waals surface area (Å²) in [5.41, 5.74) is 1.45. The van der Waals surface area contributed by atoms with E-state index in [-0.39, 0.29) is 5.91 Å². The molecule has 0 spiro atoms. The Kier molecular flexibility index (Phi) is 6.34. The van der Waals surface area contributed by atoms with E-state index in [0.29, 0.717) is 22.3 Å². The number of halogens is 2. The van der Waals surface area contributed by atoms with E-state index < -0.39 is 0 Å². The second-order valence-corrected chi connectivity index (χ2v) is 6.58. The molecule has 21 heavy (non-hydrogen) atoms. The number of carbonyl (C=O) groups is 1. The maximum Gasteiger partial charge on any atom is 0.279 e. The van der Waals surface area contributed by atoms with Gasteiger partial charge in [-0.15, -0.1) is 0 Å². The van der Waals surface area contributed by atoms with Crippen LogP contribution in [0.15, 0.2) is 12.1 Å². The van der Waals surface area contributed by atoms with Gasteiger partial charge in [-0.1, -0.05) is 35.7 Å². The Morgan fingerprint density at radius 3 is 2.43 bits per heavy atom. The number of likely N-dealkylation sites (tertiary alicyclic amines) is 1. The summed E-state index contributed by atoms with van der Waals surface area (Å²) in [5.74, 6) is -0.0139. The molecule has 0 aliphatic carbocycles. The van der Waals surface area contributed by atoms with Crippen molar-refractivity contribution in [3.05, 3.63) is 27.7 Å². The fraction of sp³-hybridized carbons (Fsp3) is 0.562. The minimum atomic E-state index is -0.0139. The lowest BCUT2D eigenvalue weighted by atomic mass is 10.1. The van der Waals surface area contributed by atoms with Crippen LogP contribution < -0.4 is 10.2 Å². The zero-order chi connectivity index (χ0) is 15.2. The third-order valence-corrected chi connectivity index (χ3v) is 4.82. The normalized spacial score (nSPS) is 17.1.